The Morgan fingerprint density at radius 1 is 1.43 bits per heavy atom. The van der Waals surface area contributed by atoms with Gasteiger partial charge < -0.3 is 0 Å². The fourth-order valence-corrected chi connectivity index (χ4v) is 1.28. The first-order valence-corrected chi connectivity index (χ1v) is 4.18. The Balaban J connectivity index is 2.60. The minimum Gasteiger partial charge on any atom is -0.219 e. The van der Waals surface area contributed by atoms with Crippen LogP contribution in [0.2, 0.25) is 0 Å². The molecule has 68 valence electrons. The number of benzene rings is 1. The van der Waals surface area contributed by atoms with E-state index in [1.165, 1.54) is 0 Å². The summed E-state index contributed by atoms with van der Waals surface area (Å²) in [5.41, 5.74) is 2.43. The third-order valence-electron chi connectivity index (χ3n) is 1.94. The molecule has 1 heterocycles. The SMILES string of the molecule is Cc1ccc(-n2ccnn2)c(C#N)c1. The van der Waals surface area contributed by atoms with Gasteiger partial charge in [0.15, 0.2) is 0 Å². The highest BCUT2D eigenvalue weighted by molar-refractivity contribution is 5.49. The Kier molecular flexibility index (Phi) is 1.99. The van der Waals surface area contributed by atoms with Crippen molar-refractivity contribution in [3.8, 4) is 11.8 Å². The van der Waals surface area contributed by atoms with Crippen molar-refractivity contribution in [3.05, 3.63) is 41.7 Å². The van der Waals surface area contributed by atoms with Gasteiger partial charge >= 0.3 is 0 Å². The van der Waals surface area contributed by atoms with E-state index in [4.69, 9.17) is 5.26 Å². The van der Waals surface area contributed by atoms with Crippen LogP contribution in [0.25, 0.3) is 5.69 Å². The highest BCUT2D eigenvalue weighted by Gasteiger charge is 2.04. The van der Waals surface area contributed by atoms with E-state index in [-0.39, 0.29) is 0 Å². The number of hydrogen-bond donors (Lipinski definition) is 0. The van der Waals surface area contributed by atoms with Crippen molar-refractivity contribution >= 4 is 0 Å². The summed E-state index contributed by atoms with van der Waals surface area (Å²) in [4.78, 5) is 0. The lowest BCUT2D eigenvalue weighted by atomic mass is 10.1. The first-order valence-electron chi connectivity index (χ1n) is 4.18. The molecule has 0 aliphatic rings. The summed E-state index contributed by atoms with van der Waals surface area (Å²) in [5.74, 6) is 0. The Morgan fingerprint density at radius 2 is 2.29 bits per heavy atom. The third kappa shape index (κ3) is 1.36. The number of hydrogen-bond acceptors (Lipinski definition) is 3. The summed E-state index contributed by atoms with van der Waals surface area (Å²) < 4.78 is 1.58. The Labute approximate surface area is 81.4 Å². The number of nitrogens with zero attached hydrogens (tertiary/aromatic N) is 4. The molecule has 0 aliphatic heterocycles. The fraction of sp³-hybridized carbons (Fsp3) is 0.100. The standard InChI is InChI=1S/C10H8N4/c1-8-2-3-10(9(6-8)7-11)14-5-4-12-13-14/h2-6H,1H3. The fourth-order valence-electron chi connectivity index (χ4n) is 1.28. The molecule has 0 fully saturated rings. The van der Waals surface area contributed by atoms with Gasteiger partial charge in [-0.3, -0.25) is 0 Å². The van der Waals surface area contributed by atoms with Gasteiger partial charge in [-0.25, -0.2) is 4.68 Å². The van der Waals surface area contributed by atoms with Crippen LogP contribution in [0.15, 0.2) is 30.6 Å². The van der Waals surface area contributed by atoms with Crippen molar-refractivity contribution in [1.82, 2.24) is 15.0 Å². The van der Waals surface area contributed by atoms with Gasteiger partial charge in [0, 0.05) is 0 Å². The summed E-state index contributed by atoms with van der Waals surface area (Å²) >= 11 is 0. The topological polar surface area (TPSA) is 54.5 Å². The predicted octanol–water partition coefficient (Wildman–Crippen LogP) is 1.45. The third-order valence-corrected chi connectivity index (χ3v) is 1.94. The Bertz CT molecular complexity index is 479. The molecule has 0 unspecified atom stereocenters. The van der Waals surface area contributed by atoms with E-state index >= 15 is 0 Å². The summed E-state index contributed by atoms with van der Waals surface area (Å²) in [5, 5.41) is 16.5. The quantitative estimate of drug-likeness (QED) is 0.674. The molecule has 2 rings (SSSR count). The zero-order chi connectivity index (χ0) is 9.97. The van der Waals surface area contributed by atoms with Gasteiger partial charge in [0.25, 0.3) is 0 Å². The van der Waals surface area contributed by atoms with Gasteiger partial charge in [-0.2, -0.15) is 5.26 Å². The van der Waals surface area contributed by atoms with Gasteiger partial charge in [0.2, 0.25) is 0 Å². The highest BCUT2D eigenvalue weighted by atomic mass is 15.4. The summed E-state index contributed by atoms with van der Waals surface area (Å²) in [6, 6.07) is 7.77. The van der Waals surface area contributed by atoms with Crippen molar-refractivity contribution in [2.24, 2.45) is 0 Å². The molecule has 0 N–H and O–H groups in total. The maximum atomic E-state index is 8.93. The second kappa shape index (κ2) is 3.30. The van der Waals surface area contributed by atoms with Gasteiger partial charge in [-0.15, -0.1) is 5.10 Å². The maximum absolute atomic E-state index is 8.93. The average Bonchev–Trinajstić information content (AvgIpc) is 2.70. The molecule has 2 aromatic rings. The lowest BCUT2D eigenvalue weighted by Crippen LogP contribution is -1.98. The van der Waals surface area contributed by atoms with Crippen molar-refractivity contribution in [2.45, 2.75) is 6.92 Å². The van der Waals surface area contributed by atoms with Crippen molar-refractivity contribution in [1.29, 1.82) is 5.26 Å². The van der Waals surface area contributed by atoms with Crippen LogP contribution >= 0.6 is 0 Å². The van der Waals surface area contributed by atoms with Gasteiger partial charge in [0.05, 0.1) is 23.6 Å². The average molecular weight is 184 g/mol. The zero-order valence-electron chi connectivity index (χ0n) is 7.68. The molecule has 0 aliphatic carbocycles. The summed E-state index contributed by atoms with van der Waals surface area (Å²) in [6.45, 7) is 1.95. The lowest BCUT2D eigenvalue weighted by molar-refractivity contribution is 0.801. The molecular weight excluding hydrogens is 176 g/mol. The Morgan fingerprint density at radius 3 is 2.93 bits per heavy atom. The molecule has 1 aromatic heterocycles. The molecule has 1 aromatic carbocycles. The highest BCUT2D eigenvalue weighted by Crippen LogP contribution is 2.13. The molecule has 0 saturated heterocycles. The molecule has 4 nitrogen and oxygen atoms in total. The first kappa shape index (κ1) is 8.45. The van der Waals surface area contributed by atoms with Gasteiger partial charge in [-0.05, 0) is 24.6 Å². The molecule has 0 amide bonds. The van der Waals surface area contributed by atoms with Gasteiger partial charge in [-0.1, -0.05) is 11.3 Å². The van der Waals surface area contributed by atoms with E-state index in [9.17, 15) is 0 Å². The van der Waals surface area contributed by atoms with Gasteiger partial charge in [0.1, 0.15) is 6.07 Å². The maximum Gasteiger partial charge on any atom is 0.101 e. The molecule has 0 radical (unpaired) electrons. The van der Waals surface area contributed by atoms with Crippen LogP contribution in [0.3, 0.4) is 0 Å². The molecule has 0 saturated carbocycles. The zero-order valence-corrected chi connectivity index (χ0v) is 7.68. The van der Waals surface area contributed by atoms with Crippen molar-refractivity contribution in [3.63, 3.8) is 0 Å². The van der Waals surface area contributed by atoms with E-state index < -0.39 is 0 Å². The second-order valence-corrected chi connectivity index (χ2v) is 2.98. The van der Waals surface area contributed by atoms with Crippen molar-refractivity contribution < 1.29 is 0 Å². The molecule has 14 heavy (non-hydrogen) atoms. The molecular formula is C10H8N4. The van der Waals surface area contributed by atoms with Crippen molar-refractivity contribution in [2.75, 3.05) is 0 Å². The van der Waals surface area contributed by atoms with Crippen LogP contribution in [-0.2, 0) is 0 Å². The van der Waals surface area contributed by atoms with E-state index in [1.54, 1.807) is 17.1 Å². The second-order valence-electron chi connectivity index (χ2n) is 2.98. The van der Waals surface area contributed by atoms with Crippen LogP contribution in [0.1, 0.15) is 11.1 Å². The summed E-state index contributed by atoms with van der Waals surface area (Å²) in [6.07, 6.45) is 3.30. The Hall–Kier alpha value is -2.15. The monoisotopic (exact) mass is 184 g/mol. The molecule has 4 heteroatoms. The molecule has 0 bridgehead atoms. The van der Waals surface area contributed by atoms with E-state index in [2.05, 4.69) is 16.4 Å². The van der Waals surface area contributed by atoms with Crippen LogP contribution in [-0.4, -0.2) is 15.0 Å². The van der Waals surface area contributed by atoms with Crippen LogP contribution in [0.4, 0.5) is 0 Å². The van der Waals surface area contributed by atoms with E-state index in [1.807, 2.05) is 25.1 Å². The van der Waals surface area contributed by atoms with E-state index in [0.717, 1.165) is 11.3 Å². The largest absolute Gasteiger partial charge is 0.219 e. The molecule has 0 spiro atoms. The minimum absolute atomic E-state index is 0.607. The number of aryl methyl sites for hydroxylation is 1. The summed E-state index contributed by atoms with van der Waals surface area (Å²) in [7, 11) is 0. The number of aromatic nitrogens is 3. The van der Waals surface area contributed by atoms with E-state index in [0.29, 0.717) is 5.56 Å². The molecule has 0 atom stereocenters. The van der Waals surface area contributed by atoms with Crippen LogP contribution in [0.5, 0.6) is 0 Å². The van der Waals surface area contributed by atoms with Crippen LogP contribution < -0.4 is 0 Å². The first-order chi connectivity index (χ1) is 6.81. The number of nitriles is 1. The smallest absolute Gasteiger partial charge is 0.101 e. The normalized spacial score (nSPS) is 9.71. The minimum atomic E-state index is 0.607. The number of rotatable bonds is 1. The van der Waals surface area contributed by atoms with Crippen LogP contribution in [0, 0.1) is 18.3 Å². The lowest BCUT2D eigenvalue weighted by Gasteiger charge is -2.03. The predicted molar refractivity (Wildman–Crippen MR) is 50.8 cm³/mol.